The van der Waals surface area contributed by atoms with Gasteiger partial charge in [-0.05, 0) is 12.1 Å². The molecule has 4 nitrogen and oxygen atoms in total. The van der Waals surface area contributed by atoms with Gasteiger partial charge in [-0.15, -0.1) is 0 Å². The van der Waals surface area contributed by atoms with Crippen molar-refractivity contribution in [3.8, 4) is 11.5 Å². The number of carbonyl (C=O) groups is 1. The van der Waals surface area contributed by atoms with Crippen LogP contribution in [0.1, 0.15) is 11.0 Å². The third-order valence-corrected chi connectivity index (χ3v) is 1.23. The van der Waals surface area contributed by atoms with Gasteiger partial charge >= 0.3 is 0 Å². The third-order valence-electron chi connectivity index (χ3n) is 1.23. The Labute approximate surface area is 73.7 Å². The minimum atomic E-state index is -2.74. The van der Waals surface area contributed by atoms with Crippen molar-refractivity contribution in [1.82, 2.24) is 0 Å². The van der Waals surface area contributed by atoms with Crippen molar-refractivity contribution in [2.24, 2.45) is 0 Å². The first-order chi connectivity index (χ1) is 6.80. The largest absolute Gasteiger partial charge is 0.504 e. The van der Waals surface area contributed by atoms with Crippen molar-refractivity contribution in [2.75, 3.05) is 5.32 Å². The molecule has 0 saturated carbocycles. The number of nitrogens with one attached hydrogen (secondary N) is 1. The van der Waals surface area contributed by atoms with E-state index in [1.165, 1.54) is 6.07 Å². The maximum absolute atomic E-state index is 11.0. The number of benzene rings is 1. The van der Waals surface area contributed by atoms with Crippen LogP contribution >= 0.6 is 0 Å². The highest BCUT2D eigenvalue weighted by Crippen LogP contribution is 2.27. The van der Waals surface area contributed by atoms with Gasteiger partial charge in [0.05, 0.1) is 0 Å². The zero-order valence-electron chi connectivity index (χ0n) is 9.03. The quantitative estimate of drug-likeness (QED) is 0.436. The molecule has 0 unspecified atom stereocenters. The van der Waals surface area contributed by atoms with Gasteiger partial charge in [0.15, 0.2) is 11.5 Å². The van der Waals surface area contributed by atoms with Crippen LogP contribution in [0.25, 0.3) is 0 Å². The fourth-order valence-corrected chi connectivity index (χ4v) is 0.732. The summed E-state index contributed by atoms with van der Waals surface area (Å²) < 4.78 is 20.4. The first-order valence-electron chi connectivity index (χ1n) is 4.64. The lowest BCUT2D eigenvalue weighted by molar-refractivity contribution is -0.114. The van der Waals surface area contributed by atoms with Crippen LogP contribution in [0.5, 0.6) is 11.5 Å². The van der Waals surface area contributed by atoms with E-state index in [1.807, 2.05) is 0 Å². The first-order valence-corrected chi connectivity index (χ1v) is 3.14. The van der Waals surface area contributed by atoms with Crippen LogP contribution in [-0.4, -0.2) is 16.1 Å². The molecule has 0 aliphatic heterocycles. The second-order valence-electron chi connectivity index (χ2n) is 2.16. The van der Waals surface area contributed by atoms with Crippen LogP contribution in [0.2, 0.25) is 0 Å². The number of carbonyl (C=O) groups excluding carboxylic acids is 1. The molecular weight excluding hydrogens is 158 g/mol. The Bertz CT molecular complexity index is 389. The van der Waals surface area contributed by atoms with Crippen LogP contribution in [0, 0.1) is 0 Å². The van der Waals surface area contributed by atoms with E-state index in [-0.39, 0.29) is 11.4 Å². The van der Waals surface area contributed by atoms with Crippen molar-refractivity contribution in [3.05, 3.63) is 18.2 Å². The summed E-state index contributed by atoms with van der Waals surface area (Å²) in [4.78, 5) is 11.0. The van der Waals surface area contributed by atoms with E-state index in [4.69, 9.17) is 14.3 Å². The molecule has 0 bridgehead atoms. The zero-order chi connectivity index (χ0) is 11.6. The molecular formula is C8H9NO3. The van der Waals surface area contributed by atoms with Crippen LogP contribution in [0.4, 0.5) is 5.69 Å². The summed E-state index contributed by atoms with van der Waals surface area (Å²) in [5.74, 6) is -1.92. The molecule has 1 rings (SSSR count). The third kappa shape index (κ3) is 1.88. The zero-order valence-corrected chi connectivity index (χ0v) is 6.03. The molecule has 0 spiro atoms. The number of phenolic OH excluding ortho intramolecular Hbond substituents is 2. The second-order valence-corrected chi connectivity index (χ2v) is 2.16. The highest BCUT2D eigenvalue weighted by Gasteiger charge is 2.00. The van der Waals surface area contributed by atoms with Crippen molar-refractivity contribution >= 4 is 11.6 Å². The Morgan fingerprint density at radius 2 is 2.25 bits per heavy atom. The summed E-state index contributed by atoms with van der Waals surface area (Å²) in [5, 5.41) is 20.1. The summed E-state index contributed by atoms with van der Waals surface area (Å²) in [5.41, 5.74) is 0.103. The summed E-state index contributed by atoms with van der Waals surface area (Å²) in [6.45, 7) is -2.74. The van der Waals surface area contributed by atoms with Gasteiger partial charge in [-0.1, -0.05) is 0 Å². The van der Waals surface area contributed by atoms with Gasteiger partial charge in [-0.2, -0.15) is 0 Å². The average molecular weight is 170 g/mol. The fraction of sp³-hybridized carbons (Fsp3) is 0.125. The van der Waals surface area contributed by atoms with Gasteiger partial charge in [-0.25, -0.2) is 0 Å². The minimum Gasteiger partial charge on any atom is -0.504 e. The molecule has 0 atom stereocenters. The predicted molar refractivity (Wildman–Crippen MR) is 44.1 cm³/mol. The van der Waals surface area contributed by atoms with Gasteiger partial charge in [0.2, 0.25) is 5.91 Å². The van der Waals surface area contributed by atoms with Crippen LogP contribution in [0.15, 0.2) is 18.2 Å². The van der Waals surface area contributed by atoms with Crippen molar-refractivity contribution in [1.29, 1.82) is 0 Å². The Kier molecular flexibility index (Phi) is 1.31. The molecule has 0 radical (unpaired) electrons. The summed E-state index contributed by atoms with van der Waals surface area (Å²) in [6.07, 6.45) is 0. The Morgan fingerprint density at radius 1 is 1.50 bits per heavy atom. The van der Waals surface area contributed by atoms with Crippen LogP contribution < -0.4 is 5.32 Å². The predicted octanol–water partition coefficient (Wildman–Crippen LogP) is 1.06. The highest BCUT2D eigenvalue weighted by atomic mass is 16.3. The molecule has 1 amide bonds. The molecule has 0 heterocycles. The Morgan fingerprint density at radius 3 is 2.83 bits per heavy atom. The van der Waals surface area contributed by atoms with Gasteiger partial charge in [-0.3, -0.25) is 4.79 Å². The fourth-order valence-electron chi connectivity index (χ4n) is 0.732. The van der Waals surface area contributed by atoms with E-state index in [1.54, 1.807) is 0 Å². The average Bonchev–Trinajstić information content (AvgIpc) is 2.10. The standard InChI is InChI=1S/C8H9NO3/c1-5(10)9-6-2-3-7(11)8(12)4-6/h2-4,11-12H,1H3,(H,9,10)/i1D3. The van der Waals surface area contributed by atoms with Crippen molar-refractivity contribution < 1.29 is 19.1 Å². The van der Waals surface area contributed by atoms with E-state index in [9.17, 15) is 4.79 Å². The van der Waals surface area contributed by atoms with Crippen LogP contribution in [-0.2, 0) is 4.79 Å². The summed E-state index contributed by atoms with van der Waals surface area (Å²) in [6, 6.07) is 3.47. The molecule has 12 heavy (non-hydrogen) atoms. The Balaban J connectivity index is 2.83. The van der Waals surface area contributed by atoms with Gasteiger partial charge in [0, 0.05) is 22.7 Å². The van der Waals surface area contributed by atoms with Crippen LogP contribution in [0.3, 0.4) is 0 Å². The summed E-state index contributed by atoms with van der Waals surface area (Å²) >= 11 is 0. The number of hydrogen-bond acceptors (Lipinski definition) is 3. The van der Waals surface area contributed by atoms with Gasteiger partial charge < -0.3 is 15.5 Å². The molecule has 3 N–H and O–H groups in total. The molecule has 0 fully saturated rings. The maximum atomic E-state index is 11.0. The molecule has 0 aliphatic rings. The minimum absolute atomic E-state index is 0.103. The van der Waals surface area contributed by atoms with Crippen molar-refractivity contribution in [3.63, 3.8) is 0 Å². The second kappa shape index (κ2) is 3.13. The lowest BCUT2D eigenvalue weighted by Gasteiger charge is -2.02. The number of rotatable bonds is 1. The summed E-state index contributed by atoms with van der Waals surface area (Å²) in [7, 11) is 0. The first kappa shape index (κ1) is 5.03. The van der Waals surface area contributed by atoms with Crippen molar-refractivity contribution in [2.45, 2.75) is 6.85 Å². The molecule has 64 valence electrons. The number of phenols is 2. The smallest absolute Gasteiger partial charge is 0.221 e. The lowest BCUT2D eigenvalue weighted by Crippen LogP contribution is -2.05. The number of amides is 1. The van der Waals surface area contributed by atoms with Gasteiger partial charge in [0.25, 0.3) is 0 Å². The molecule has 4 heteroatoms. The van der Waals surface area contributed by atoms with E-state index in [2.05, 4.69) is 5.32 Å². The molecule has 1 aromatic rings. The van der Waals surface area contributed by atoms with Gasteiger partial charge in [0.1, 0.15) is 0 Å². The number of anilines is 1. The number of hydrogen-bond donors (Lipinski definition) is 3. The molecule has 0 aromatic heterocycles. The number of aromatic hydroxyl groups is 2. The lowest BCUT2D eigenvalue weighted by atomic mass is 10.3. The monoisotopic (exact) mass is 170 g/mol. The molecule has 0 aliphatic carbocycles. The molecule has 1 aromatic carbocycles. The SMILES string of the molecule is [2H]C([2H])([2H])C(=O)Nc1ccc(O)c(O)c1. The van der Waals surface area contributed by atoms with E-state index in [0.29, 0.717) is 0 Å². The normalized spacial score (nSPS) is 14.2. The highest BCUT2D eigenvalue weighted by molar-refractivity contribution is 5.89. The Hall–Kier alpha value is -1.71. The van der Waals surface area contributed by atoms with E-state index >= 15 is 0 Å². The van der Waals surface area contributed by atoms with E-state index in [0.717, 1.165) is 12.1 Å². The maximum Gasteiger partial charge on any atom is 0.221 e. The molecule has 0 saturated heterocycles. The van der Waals surface area contributed by atoms with E-state index < -0.39 is 18.5 Å². The topological polar surface area (TPSA) is 69.6 Å².